The zero-order chi connectivity index (χ0) is 26.6. The predicted octanol–water partition coefficient (Wildman–Crippen LogP) is 4.24. The number of halogens is 1. The van der Waals surface area contributed by atoms with E-state index >= 15 is 0 Å². The van der Waals surface area contributed by atoms with Crippen molar-refractivity contribution in [3.63, 3.8) is 0 Å². The molecule has 192 valence electrons. The minimum absolute atomic E-state index is 0.219. The molecule has 10 heteroatoms. The van der Waals surface area contributed by atoms with Gasteiger partial charge in [-0.2, -0.15) is 5.10 Å². The Morgan fingerprint density at radius 3 is 2.32 bits per heavy atom. The number of carbonyl (C=O) groups excluding carboxylic acids is 3. The Morgan fingerprint density at radius 1 is 0.946 bits per heavy atom. The maximum Gasteiger partial charge on any atom is 0.343 e. The number of esters is 1. The SMILES string of the molecule is CCCOc1ccc(C(=O)NCC(=O)N/N=C/c2ccc(OC(=O)c3ccc(Cl)cc3)c(OC)c2)cc1. The number of amides is 2. The summed E-state index contributed by atoms with van der Waals surface area (Å²) in [6.07, 6.45) is 2.28. The van der Waals surface area contributed by atoms with Gasteiger partial charge in [0, 0.05) is 10.6 Å². The first-order valence-electron chi connectivity index (χ1n) is 11.4. The summed E-state index contributed by atoms with van der Waals surface area (Å²) in [5, 5.41) is 6.92. The Hall–Kier alpha value is -4.37. The van der Waals surface area contributed by atoms with Crippen molar-refractivity contribution in [3.8, 4) is 17.2 Å². The summed E-state index contributed by atoms with van der Waals surface area (Å²) in [7, 11) is 1.44. The van der Waals surface area contributed by atoms with Gasteiger partial charge in [0.05, 0.1) is 32.0 Å². The molecule has 0 heterocycles. The van der Waals surface area contributed by atoms with Gasteiger partial charge >= 0.3 is 5.97 Å². The first-order valence-corrected chi connectivity index (χ1v) is 11.8. The molecule has 0 aliphatic rings. The van der Waals surface area contributed by atoms with Gasteiger partial charge in [-0.3, -0.25) is 9.59 Å². The standard InChI is InChI=1S/C27H26ClN3O6/c1-3-14-36-22-11-7-19(8-12-22)26(33)29-17-25(32)31-30-16-18-4-13-23(24(15-18)35-2)37-27(34)20-5-9-21(28)10-6-20/h4-13,15-16H,3,14,17H2,1-2H3,(H,29,33)(H,31,32)/b30-16+. The summed E-state index contributed by atoms with van der Waals surface area (Å²) in [5.41, 5.74) is 3.67. The molecule has 0 atom stereocenters. The van der Waals surface area contributed by atoms with E-state index in [0.717, 1.165) is 6.42 Å². The topological polar surface area (TPSA) is 115 Å². The molecule has 0 saturated carbocycles. The molecule has 3 rings (SSSR count). The Labute approximate surface area is 219 Å². The van der Waals surface area contributed by atoms with Crippen LogP contribution in [0.1, 0.15) is 39.6 Å². The molecule has 0 aromatic heterocycles. The van der Waals surface area contributed by atoms with Crippen molar-refractivity contribution in [2.75, 3.05) is 20.3 Å². The lowest BCUT2D eigenvalue weighted by Gasteiger charge is -2.10. The number of hydrazone groups is 1. The molecule has 0 bridgehead atoms. The highest BCUT2D eigenvalue weighted by atomic mass is 35.5. The summed E-state index contributed by atoms with van der Waals surface area (Å²) in [6, 6.07) is 17.7. The number of hydrogen-bond donors (Lipinski definition) is 2. The Kier molecular flexibility index (Phi) is 10.0. The van der Waals surface area contributed by atoms with Gasteiger partial charge in [-0.15, -0.1) is 0 Å². The second kappa shape index (κ2) is 13.6. The quantitative estimate of drug-likeness (QED) is 0.168. The molecule has 0 aliphatic heterocycles. The number of ether oxygens (including phenoxy) is 3. The summed E-state index contributed by atoms with van der Waals surface area (Å²) < 4.78 is 16.2. The summed E-state index contributed by atoms with van der Waals surface area (Å²) in [6.45, 7) is 2.35. The normalized spacial score (nSPS) is 10.6. The van der Waals surface area contributed by atoms with Crippen molar-refractivity contribution in [2.45, 2.75) is 13.3 Å². The fraction of sp³-hybridized carbons (Fsp3) is 0.185. The number of rotatable bonds is 11. The Bertz CT molecular complexity index is 1260. The van der Waals surface area contributed by atoms with Crippen LogP contribution in [0.3, 0.4) is 0 Å². The molecule has 0 unspecified atom stereocenters. The second-order valence-electron chi connectivity index (χ2n) is 7.66. The minimum Gasteiger partial charge on any atom is -0.494 e. The summed E-state index contributed by atoms with van der Waals surface area (Å²) in [4.78, 5) is 36.6. The van der Waals surface area contributed by atoms with E-state index in [4.69, 9.17) is 25.8 Å². The van der Waals surface area contributed by atoms with Gasteiger partial charge in [-0.05, 0) is 78.7 Å². The van der Waals surface area contributed by atoms with E-state index in [1.165, 1.54) is 13.3 Å². The number of nitrogens with one attached hydrogen (secondary N) is 2. The fourth-order valence-electron chi connectivity index (χ4n) is 3.00. The van der Waals surface area contributed by atoms with E-state index in [0.29, 0.717) is 39.8 Å². The van der Waals surface area contributed by atoms with Crippen LogP contribution in [-0.2, 0) is 4.79 Å². The van der Waals surface area contributed by atoms with Crippen LogP contribution in [0.25, 0.3) is 0 Å². The zero-order valence-electron chi connectivity index (χ0n) is 20.3. The van der Waals surface area contributed by atoms with Crippen LogP contribution in [0.2, 0.25) is 5.02 Å². The van der Waals surface area contributed by atoms with Gasteiger partial charge in [0.1, 0.15) is 5.75 Å². The lowest BCUT2D eigenvalue weighted by atomic mass is 10.2. The average molecular weight is 524 g/mol. The smallest absolute Gasteiger partial charge is 0.343 e. The maximum absolute atomic E-state index is 12.3. The van der Waals surface area contributed by atoms with Crippen LogP contribution in [-0.4, -0.2) is 44.3 Å². The van der Waals surface area contributed by atoms with Crippen molar-refractivity contribution in [2.24, 2.45) is 5.10 Å². The zero-order valence-corrected chi connectivity index (χ0v) is 21.1. The first kappa shape index (κ1) is 27.2. The van der Waals surface area contributed by atoms with Crippen LogP contribution in [0.15, 0.2) is 71.8 Å². The Balaban J connectivity index is 1.49. The highest BCUT2D eigenvalue weighted by Crippen LogP contribution is 2.28. The molecule has 9 nitrogen and oxygen atoms in total. The second-order valence-corrected chi connectivity index (χ2v) is 8.09. The number of methoxy groups -OCH3 is 1. The summed E-state index contributed by atoms with van der Waals surface area (Å²) >= 11 is 5.84. The van der Waals surface area contributed by atoms with Crippen LogP contribution in [0, 0.1) is 0 Å². The minimum atomic E-state index is -0.563. The van der Waals surface area contributed by atoms with E-state index in [1.54, 1.807) is 66.7 Å². The number of benzene rings is 3. The van der Waals surface area contributed by atoms with Crippen molar-refractivity contribution >= 4 is 35.6 Å². The average Bonchev–Trinajstić information content (AvgIpc) is 2.91. The highest BCUT2D eigenvalue weighted by molar-refractivity contribution is 6.30. The third kappa shape index (κ3) is 8.36. The van der Waals surface area contributed by atoms with E-state index in [1.807, 2.05) is 6.92 Å². The number of nitrogens with zero attached hydrogens (tertiary/aromatic N) is 1. The van der Waals surface area contributed by atoms with Crippen molar-refractivity contribution in [1.29, 1.82) is 0 Å². The first-order chi connectivity index (χ1) is 17.9. The summed E-state index contributed by atoms with van der Waals surface area (Å²) in [5.74, 6) is -0.267. The van der Waals surface area contributed by atoms with Gasteiger partial charge in [-0.1, -0.05) is 18.5 Å². The van der Waals surface area contributed by atoms with Crippen LogP contribution < -0.4 is 25.0 Å². The molecule has 0 aliphatic carbocycles. The number of carbonyl (C=O) groups is 3. The highest BCUT2D eigenvalue weighted by Gasteiger charge is 2.13. The molecule has 3 aromatic rings. The van der Waals surface area contributed by atoms with Gasteiger partial charge in [-0.25, -0.2) is 10.2 Å². The van der Waals surface area contributed by atoms with Crippen molar-refractivity contribution in [1.82, 2.24) is 10.7 Å². The molecular weight excluding hydrogens is 498 g/mol. The lowest BCUT2D eigenvalue weighted by molar-refractivity contribution is -0.120. The van der Waals surface area contributed by atoms with Gasteiger partial charge < -0.3 is 19.5 Å². The third-order valence-electron chi connectivity index (χ3n) is 4.87. The van der Waals surface area contributed by atoms with E-state index in [-0.39, 0.29) is 12.3 Å². The molecule has 0 spiro atoms. The molecule has 2 N–H and O–H groups in total. The van der Waals surface area contributed by atoms with Gasteiger partial charge in [0.2, 0.25) is 0 Å². The van der Waals surface area contributed by atoms with E-state index in [2.05, 4.69) is 15.8 Å². The molecule has 37 heavy (non-hydrogen) atoms. The molecule has 2 amide bonds. The predicted molar refractivity (Wildman–Crippen MR) is 140 cm³/mol. The molecule has 0 saturated heterocycles. The lowest BCUT2D eigenvalue weighted by Crippen LogP contribution is -2.34. The van der Waals surface area contributed by atoms with E-state index < -0.39 is 17.8 Å². The van der Waals surface area contributed by atoms with Crippen molar-refractivity contribution < 1.29 is 28.6 Å². The van der Waals surface area contributed by atoms with Crippen LogP contribution >= 0.6 is 11.6 Å². The van der Waals surface area contributed by atoms with Crippen LogP contribution in [0.5, 0.6) is 17.2 Å². The van der Waals surface area contributed by atoms with E-state index in [9.17, 15) is 14.4 Å². The Morgan fingerprint density at radius 2 is 1.65 bits per heavy atom. The van der Waals surface area contributed by atoms with Crippen molar-refractivity contribution in [3.05, 3.63) is 88.4 Å². The third-order valence-corrected chi connectivity index (χ3v) is 5.12. The number of hydrogen-bond acceptors (Lipinski definition) is 7. The van der Waals surface area contributed by atoms with Gasteiger partial charge in [0.15, 0.2) is 11.5 Å². The molecular formula is C27H26ClN3O6. The van der Waals surface area contributed by atoms with Gasteiger partial charge in [0.25, 0.3) is 11.8 Å². The molecule has 0 fully saturated rings. The monoisotopic (exact) mass is 523 g/mol. The fourth-order valence-corrected chi connectivity index (χ4v) is 3.12. The largest absolute Gasteiger partial charge is 0.494 e. The molecule has 0 radical (unpaired) electrons. The van der Waals surface area contributed by atoms with Crippen LogP contribution in [0.4, 0.5) is 0 Å². The maximum atomic E-state index is 12.3. The molecule has 3 aromatic carbocycles.